The lowest BCUT2D eigenvalue weighted by atomic mass is 10.1. The van der Waals surface area contributed by atoms with Crippen molar-refractivity contribution >= 4 is 12.0 Å². The van der Waals surface area contributed by atoms with Gasteiger partial charge in [0.2, 0.25) is 5.91 Å². The van der Waals surface area contributed by atoms with Gasteiger partial charge in [-0.25, -0.2) is 4.79 Å². The molecule has 1 atom stereocenters. The Morgan fingerprint density at radius 1 is 1.17 bits per heavy atom. The van der Waals surface area contributed by atoms with E-state index in [9.17, 15) is 9.59 Å². The Morgan fingerprint density at radius 2 is 1.87 bits per heavy atom. The van der Waals surface area contributed by atoms with E-state index >= 15 is 0 Å². The van der Waals surface area contributed by atoms with Gasteiger partial charge in [0.15, 0.2) is 0 Å². The first-order valence-electron chi connectivity index (χ1n) is 8.22. The number of benzene rings is 1. The number of ether oxygens (including phenoxy) is 1. The van der Waals surface area contributed by atoms with Crippen LogP contribution in [0.2, 0.25) is 0 Å². The maximum Gasteiger partial charge on any atom is 0.412 e. The maximum absolute atomic E-state index is 12.0. The first-order valence-corrected chi connectivity index (χ1v) is 8.22. The summed E-state index contributed by atoms with van der Waals surface area (Å²) in [6.07, 6.45) is 3.90. The van der Waals surface area contributed by atoms with Gasteiger partial charge in [-0.05, 0) is 44.2 Å². The normalized spacial score (nSPS) is 15.3. The van der Waals surface area contributed by atoms with Crippen LogP contribution in [-0.2, 0) is 4.79 Å². The van der Waals surface area contributed by atoms with Gasteiger partial charge in [-0.3, -0.25) is 4.79 Å². The molecule has 126 valence electrons. The van der Waals surface area contributed by atoms with Gasteiger partial charge in [0, 0.05) is 19.6 Å². The molecule has 6 nitrogen and oxygen atoms in total. The Kier molecular flexibility index (Phi) is 6.87. The number of rotatable bonds is 7. The zero-order chi connectivity index (χ0) is 16.5. The number of hydrogen-bond acceptors (Lipinski definition) is 4. The van der Waals surface area contributed by atoms with Gasteiger partial charge in [0.05, 0.1) is 6.04 Å². The Balaban J connectivity index is 1.55. The van der Waals surface area contributed by atoms with Crippen molar-refractivity contribution in [3.63, 3.8) is 0 Å². The highest BCUT2D eigenvalue weighted by Gasteiger charge is 2.22. The number of hydrogen-bond donors (Lipinski definition) is 2. The highest BCUT2D eigenvalue weighted by Crippen LogP contribution is 2.11. The van der Waals surface area contributed by atoms with E-state index in [-0.39, 0.29) is 5.91 Å². The molecular weight excluding hydrogens is 294 g/mol. The van der Waals surface area contributed by atoms with Gasteiger partial charge in [0.25, 0.3) is 0 Å². The highest BCUT2D eigenvalue weighted by atomic mass is 16.6. The molecule has 1 aromatic rings. The third-order valence-electron chi connectivity index (χ3n) is 3.90. The number of carbonyl (C=O) groups excluding carboxylic acids is 2. The minimum Gasteiger partial charge on any atom is -0.410 e. The summed E-state index contributed by atoms with van der Waals surface area (Å²) >= 11 is 0. The fourth-order valence-corrected chi connectivity index (χ4v) is 2.61. The molecule has 6 heteroatoms. The molecule has 1 aliphatic heterocycles. The van der Waals surface area contributed by atoms with E-state index in [0.29, 0.717) is 18.7 Å². The third kappa shape index (κ3) is 5.90. The summed E-state index contributed by atoms with van der Waals surface area (Å²) in [4.78, 5) is 25.5. The van der Waals surface area contributed by atoms with Crippen molar-refractivity contribution in [3.05, 3.63) is 30.3 Å². The summed E-state index contributed by atoms with van der Waals surface area (Å²) in [7, 11) is 0. The van der Waals surface area contributed by atoms with Crippen LogP contribution in [0.1, 0.15) is 32.1 Å². The second kappa shape index (κ2) is 9.15. The van der Waals surface area contributed by atoms with E-state index in [1.165, 1.54) is 0 Å². The topological polar surface area (TPSA) is 84.7 Å². The number of nitrogens with two attached hydrogens (primary N) is 1. The Bertz CT molecular complexity index is 501. The molecule has 1 heterocycles. The standard InChI is InChI=1S/C17H25N3O3/c18-15(16(21)20-12-6-7-13-20)10-4-5-11-19-17(22)23-14-8-2-1-3-9-14/h1-3,8-9,15H,4-7,10-13,18H2,(H,19,22). The van der Waals surface area contributed by atoms with Crippen LogP contribution in [0.4, 0.5) is 4.79 Å². The first kappa shape index (κ1) is 17.3. The molecule has 1 fully saturated rings. The number of nitrogens with one attached hydrogen (secondary N) is 1. The van der Waals surface area contributed by atoms with Gasteiger partial charge in [-0.1, -0.05) is 18.2 Å². The zero-order valence-electron chi connectivity index (χ0n) is 13.4. The fourth-order valence-electron chi connectivity index (χ4n) is 2.61. The summed E-state index contributed by atoms with van der Waals surface area (Å²) in [5.74, 6) is 0.571. The number of likely N-dealkylation sites (tertiary alicyclic amines) is 1. The number of amides is 2. The molecular formula is C17H25N3O3. The zero-order valence-corrected chi connectivity index (χ0v) is 13.4. The summed E-state index contributed by atoms with van der Waals surface area (Å²) in [5, 5.41) is 2.69. The van der Waals surface area contributed by atoms with Crippen molar-refractivity contribution in [2.45, 2.75) is 38.1 Å². The third-order valence-corrected chi connectivity index (χ3v) is 3.90. The lowest BCUT2D eigenvalue weighted by molar-refractivity contribution is -0.131. The van der Waals surface area contributed by atoms with E-state index in [2.05, 4.69) is 5.32 Å². The lowest BCUT2D eigenvalue weighted by Gasteiger charge is -2.20. The average Bonchev–Trinajstić information content (AvgIpc) is 3.09. The number of carbonyl (C=O) groups is 2. The van der Waals surface area contributed by atoms with Crippen molar-refractivity contribution in [1.29, 1.82) is 0 Å². The maximum atomic E-state index is 12.0. The summed E-state index contributed by atoms with van der Waals surface area (Å²) in [6, 6.07) is 8.50. The Morgan fingerprint density at radius 3 is 2.57 bits per heavy atom. The number of nitrogens with zero attached hydrogens (tertiary/aromatic N) is 1. The lowest BCUT2D eigenvalue weighted by Crippen LogP contribution is -2.42. The molecule has 0 bridgehead atoms. The van der Waals surface area contributed by atoms with Crippen molar-refractivity contribution in [2.24, 2.45) is 5.73 Å². The minimum atomic E-state index is -0.464. The van der Waals surface area contributed by atoms with Gasteiger partial charge in [-0.15, -0.1) is 0 Å². The van der Waals surface area contributed by atoms with Crippen molar-refractivity contribution in [2.75, 3.05) is 19.6 Å². The summed E-state index contributed by atoms with van der Waals surface area (Å²) in [5.41, 5.74) is 5.94. The molecule has 1 aromatic carbocycles. The van der Waals surface area contributed by atoms with E-state index in [1.54, 1.807) is 24.3 Å². The summed E-state index contributed by atoms with van der Waals surface area (Å²) < 4.78 is 5.11. The molecule has 0 aliphatic carbocycles. The largest absolute Gasteiger partial charge is 0.412 e. The SMILES string of the molecule is NC(CCCCNC(=O)Oc1ccccc1)C(=O)N1CCCC1. The molecule has 0 radical (unpaired) electrons. The van der Waals surface area contributed by atoms with Crippen LogP contribution in [0.5, 0.6) is 5.75 Å². The van der Waals surface area contributed by atoms with Crippen LogP contribution in [-0.4, -0.2) is 42.6 Å². The van der Waals surface area contributed by atoms with E-state index in [4.69, 9.17) is 10.5 Å². The molecule has 23 heavy (non-hydrogen) atoms. The van der Waals surface area contributed by atoms with Crippen LogP contribution in [0.15, 0.2) is 30.3 Å². The number of para-hydroxylation sites is 1. The Labute approximate surface area is 137 Å². The quantitative estimate of drug-likeness (QED) is 0.752. The fraction of sp³-hybridized carbons (Fsp3) is 0.529. The average molecular weight is 319 g/mol. The molecule has 1 saturated heterocycles. The second-order valence-corrected chi connectivity index (χ2v) is 5.76. The molecule has 0 saturated carbocycles. The van der Waals surface area contributed by atoms with Gasteiger partial charge in [0.1, 0.15) is 5.75 Å². The van der Waals surface area contributed by atoms with Crippen LogP contribution < -0.4 is 15.8 Å². The van der Waals surface area contributed by atoms with Crippen molar-refractivity contribution < 1.29 is 14.3 Å². The van der Waals surface area contributed by atoms with Crippen molar-refractivity contribution in [3.8, 4) is 5.75 Å². The molecule has 3 N–H and O–H groups in total. The molecule has 1 unspecified atom stereocenters. The predicted molar refractivity (Wildman–Crippen MR) is 88.1 cm³/mol. The van der Waals surface area contributed by atoms with E-state index in [0.717, 1.165) is 38.8 Å². The molecule has 2 rings (SSSR count). The van der Waals surface area contributed by atoms with E-state index in [1.807, 2.05) is 11.0 Å². The molecule has 0 aromatic heterocycles. The van der Waals surface area contributed by atoms with Crippen LogP contribution in [0.25, 0.3) is 0 Å². The highest BCUT2D eigenvalue weighted by molar-refractivity contribution is 5.81. The second-order valence-electron chi connectivity index (χ2n) is 5.76. The van der Waals surface area contributed by atoms with Gasteiger partial charge in [-0.2, -0.15) is 0 Å². The molecule has 2 amide bonds. The minimum absolute atomic E-state index is 0.0546. The van der Waals surface area contributed by atoms with Crippen LogP contribution in [0, 0.1) is 0 Å². The summed E-state index contributed by atoms with van der Waals surface area (Å²) in [6.45, 7) is 2.18. The van der Waals surface area contributed by atoms with Crippen molar-refractivity contribution in [1.82, 2.24) is 10.2 Å². The smallest absolute Gasteiger partial charge is 0.410 e. The van der Waals surface area contributed by atoms with Crippen LogP contribution in [0.3, 0.4) is 0 Å². The monoisotopic (exact) mass is 319 g/mol. The Hall–Kier alpha value is -2.08. The predicted octanol–water partition coefficient (Wildman–Crippen LogP) is 1.89. The van der Waals surface area contributed by atoms with Crippen LogP contribution >= 0.6 is 0 Å². The molecule has 0 spiro atoms. The molecule has 1 aliphatic rings. The van der Waals surface area contributed by atoms with E-state index < -0.39 is 12.1 Å². The van der Waals surface area contributed by atoms with Gasteiger partial charge < -0.3 is 20.7 Å². The van der Waals surface area contributed by atoms with Gasteiger partial charge >= 0.3 is 6.09 Å². The number of unbranched alkanes of at least 4 members (excludes halogenated alkanes) is 1. The first-order chi connectivity index (χ1) is 11.2.